The highest BCUT2D eigenvalue weighted by Gasteiger charge is 2.25. The fourth-order valence-electron chi connectivity index (χ4n) is 3.35. The summed E-state index contributed by atoms with van der Waals surface area (Å²) in [4.78, 5) is 39.2. The summed E-state index contributed by atoms with van der Waals surface area (Å²) in [6, 6.07) is 8.96. The zero-order chi connectivity index (χ0) is 23.6. The molecule has 7 nitrogen and oxygen atoms in total. The maximum absolute atomic E-state index is 13.2. The number of unbranched alkanes of at least 4 members (excludes halogenated alkanes) is 3. The van der Waals surface area contributed by atoms with E-state index < -0.39 is 12.1 Å². The molecule has 0 aliphatic carbocycles. The van der Waals surface area contributed by atoms with Gasteiger partial charge >= 0.3 is 6.09 Å². The molecule has 1 aromatic carbocycles. The van der Waals surface area contributed by atoms with Gasteiger partial charge in [-0.1, -0.05) is 76.8 Å². The number of amides is 3. The van der Waals surface area contributed by atoms with Crippen LogP contribution in [-0.4, -0.2) is 48.5 Å². The van der Waals surface area contributed by atoms with Crippen molar-refractivity contribution in [3.05, 3.63) is 35.9 Å². The molecule has 0 radical (unpaired) electrons. The van der Waals surface area contributed by atoms with Crippen molar-refractivity contribution in [1.29, 1.82) is 0 Å². The number of alkyl carbamates (subject to hydrolysis) is 1. The van der Waals surface area contributed by atoms with Crippen LogP contribution in [0.5, 0.6) is 0 Å². The Hall–Kier alpha value is -2.57. The van der Waals surface area contributed by atoms with Crippen LogP contribution in [0, 0.1) is 0 Å². The SMILES string of the molecule is CCCCCC(NC(=O)CCCC)C(=O)N(CCC)CCNC(=O)OCc1ccccc1. The van der Waals surface area contributed by atoms with Crippen LogP contribution in [0.3, 0.4) is 0 Å². The summed E-state index contributed by atoms with van der Waals surface area (Å²) in [5.41, 5.74) is 0.916. The molecule has 0 spiro atoms. The van der Waals surface area contributed by atoms with Crippen molar-refractivity contribution in [2.24, 2.45) is 0 Å². The average Bonchev–Trinajstić information content (AvgIpc) is 2.80. The Balaban J connectivity index is 2.57. The summed E-state index contributed by atoms with van der Waals surface area (Å²) in [5, 5.41) is 5.66. The van der Waals surface area contributed by atoms with E-state index >= 15 is 0 Å². The fourth-order valence-corrected chi connectivity index (χ4v) is 3.35. The second kappa shape index (κ2) is 17.0. The number of nitrogens with zero attached hydrogens (tertiary/aromatic N) is 1. The first kappa shape index (κ1) is 27.5. The van der Waals surface area contributed by atoms with Crippen LogP contribution in [0.15, 0.2) is 30.3 Å². The van der Waals surface area contributed by atoms with Gasteiger partial charge in [0, 0.05) is 26.1 Å². The Morgan fingerprint density at radius 2 is 1.66 bits per heavy atom. The second-order valence-corrected chi connectivity index (χ2v) is 8.03. The lowest BCUT2D eigenvalue weighted by Crippen LogP contribution is -2.50. The minimum Gasteiger partial charge on any atom is -0.445 e. The molecule has 180 valence electrons. The molecular formula is C25H41N3O4. The van der Waals surface area contributed by atoms with E-state index in [-0.39, 0.29) is 18.4 Å². The maximum atomic E-state index is 13.2. The van der Waals surface area contributed by atoms with Gasteiger partial charge in [0.15, 0.2) is 0 Å². The summed E-state index contributed by atoms with van der Waals surface area (Å²) < 4.78 is 5.22. The molecule has 0 bridgehead atoms. The minimum atomic E-state index is -0.512. The van der Waals surface area contributed by atoms with Gasteiger partial charge in [-0.25, -0.2) is 4.79 Å². The lowest BCUT2D eigenvalue weighted by atomic mass is 10.1. The molecular weight excluding hydrogens is 406 g/mol. The third-order valence-corrected chi connectivity index (χ3v) is 5.16. The largest absolute Gasteiger partial charge is 0.445 e. The maximum Gasteiger partial charge on any atom is 0.407 e. The van der Waals surface area contributed by atoms with Crippen molar-refractivity contribution in [3.63, 3.8) is 0 Å². The van der Waals surface area contributed by atoms with Crippen LogP contribution in [0.4, 0.5) is 4.79 Å². The van der Waals surface area contributed by atoms with Gasteiger partial charge in [0.1, 0.15) is 12.6 Å². The van der Waals surface area contributed by atoms with Gasteiger partial charge in [0.25, 0.3) is 0 Å². The van der Waals surface area contributed by atoms with Crippen molar-refractivity contribution >= 4 is 17.9 Å². The van der Waals surface area contributed by atoms with E-state index in [1.807, 2.05) is 44.2 Å². The first-order chi connectivity index (χ1) is 15.5. The highest BCUT2D eigenvalue weighted by molar-refractivity contribution is 5.87. The van der Waals surface area contributed by atoms with E-state index in [4.69, 9.17) is 4.74 Å². The Morgan fingerprint density at radius 1 is 0.938 bits per heavy atom. The van der Waals surface area contributed by atoms with E-state index in [1.165, 1.54) is 0 Å². The van der Waals surface area contributed by atoms with E-state index in [1.54, 1.807) is 4.90 Å². The normalized spacial score (nSPS) is 11.5. The molecule has 0 aliphatic rings. The lowest BCUT2D eigenvalue weighted by molar-refractivity contribution is -0.136. The van der Waals surface area contributed by atoms with Gasteiger partial charge in [0.05, 0.1) is 0 Å². The average molecular weight is 448 g/mol. The summed E-state index contributed by atoms with van der Waals surface area (Å²) in [6.45, 7) is 7.61. The molecule has 0 aliphatic heterocycles. The predicted molar refractivity (Wildman–Crippen MR) is 127 cm³/mol. The number of benzene rings is 1. The number of carbonyl (C=O) groups is 3. The number of rotatable bonds is 16. The molecule has 1 aromatic rings. The Kier molecular flexibility index (Phi) is 14.6. The first-order valence-corrected chi connectivity index (χ1v) is 12.0. The molecule has 0 fully saturated rings. The first-order valence-electron chi connectivity index (χ1n) is 12.0. The quantitative estimate of drug-likeness (QED) is 0.368. The number of carbonyl (C=O) groups excluding carboxylic acids is 3. The van der Waals surface area contributed by atoms with Gasteiger partial charge in [-0.15, -0.1) is 0 Å². The van der Waals surface area contributed by atoms with Crippen molar-refractivity contribution in [2.45, 2.75) is 84.8 Å². The molecule has 1 atom stereocenters. The molecule has 32 heavy (non-hydrogen) atoms. The van der Waals surface area contributed by atoms with Crippen molar-refractivity contribution in [2.75, 3.05) is 19.6 Å². The molecule has 1 unspecified atom stereocenters. The van der Waals surface area contributed by atoms with Gasteiger partial charge in [-0.05, 0) is 24.8 Å². The third kappa shape index (κ3) is 11.7. The molecule has 0 heterocycles. The Labute approximate surface area is 193 Å². The highest BCUT2D eigenvalue weighted by atomic mass is 16.5. The molecule has 2 N–H and O–H groups in total. The minimum absolute atomic E-state index is 0.0687. The number of hydrogen-bond acceptors (Lipinski definition) is 4. The molecule has 3 amide bonds. The predicted octanol–water partition coefficient (Wildman–Crippen LogP) is 4.41. The van der Waals surface area contributed by atoms with E-state index in [0.717, 1.165) is 44.1 Å². The smallest absolute Gasteiger partial charge is 0.407 e. The standard InChI is InChI=1S/C25H41N3O4/c1-4-7-10-15-22(27-23(29)16-8-5-2)24(30)28(18-6-3)19-17-26-25(31)32-20-21-13-11-9-12-14-21/h9,11-14,22H,4-8,10,15-20H2,1-3H3,(H,26,31)(H,27,29). The summed E-state index contributed by atoms with van der Waals surface area (Å²) in [7, 11) is 0. The number of ether oxygens (including phenoxy) is 1. The zero-order valence-electron chi connectivity index (χ0n) is 20.0. The fraction of sp³-hybridized carbons (Fsp3) is 0.640. The molecule has 0 saturated heterocycles. The monoisotopic (exact) mass is 447 g/mol. The van der Waals surface area contributed by atoms with Crippen molar-refractivity contribution in [1.82, 2.24) is 15.5 Å². The van der Waals surface area contributed by atoms with E-state index in [2.05, 4.69) is 17.6 Å². The lowest BCUT2D eigenvalue weighted by Gasteiger charge is -2.28. The van der Waals surface area contributed by atoms with Crippen LogP contribution in [0.1, 0.15) is 77.7 Å². The molecule has 7 heteroatoms. The summed E-state index contributed by atoms with van der Waals surface area (Å²) in [6.07, 6.45) is 6.10. The van der Waals surface area contributed by atoms with Gasteiger partial charge in [-0.3, -0.25) is 9.59 Å². The van der Waals surface area contributed by atoms with Crippen LogP contribution in [-0.2, 0) is 20.9 Å². The van der Waals surface area contributed by atoms with Crippen LogP contribution >= 0.6 is 0 Å². The highest BCUT2D eigenvalue weighted by Crippen LogP contribution is 2.09. The molecule has 1 rings (SSSR count). The number of nitrogens with one attached hydrogen (secondary N) is 2. The molecule has 0 aromatic heterocycles. The summed E-state index contributed by atoms with van der Waals surface area (Å²) in [5.74, 6) is -0.145. The Morgan fingerprint density at radius 3 is 2.31 bits per heavy atom. The van der Waals surface area contributed by atoms with Crippen molar-refractivity contribution < 1.29 is 19.1 Å². The topological polar surface area (TPSA) is 87.7 Å². The van der Waals surface area contributed by atoms with Gasteiger partial charge < -0.3 is 20.3 Å². The summed E-state index contributed by atoms with van der Waals surface area (Å²) >= 11 is 0. The number of hydrogen-bond donors (Lipinski definition) is 2. The van der Waals surface area contributed by atoms with Crippen LogP contribution < -0.4 is 10.6 Å². The van der Waals surface area contributed by atoms with Crippen LogP contribution in [0.2, 0.25) is 0 Å². The second-order valence-electron chi connectivity index (χ2n) is 8.03. The Bertz CT molecular complexity index is 666. The van der Waals surface area contributed by atoms with E-state index in [9.17, 15) is 14.4 Å². The van der Waals surface area contributed by atoms with E-state index in [0.29, 0.717) is 32.5 Å². The third-order valence-electron chi connectivity index (χ3n) is 5.16. The zero-order valence-corrected chi connectivity index (χ0v) is 20.0. The van der Waals surface area contributed by atoms with Crippen molar-refractivity contribution in [3.8, 4) is 0 Å². The van der Waals surface area contributed by atoms with Gasteiger partial charge in [0.2, 0.25) is 11.8 Å². The van der Waals surface area contributed by atoms with Crippen LogP contribution in [0.25, 0.3) is 0 Å². The van der Waals surface area contributed by atoms with Gasteiger partial charge in [-0.2, -0.15) is 0 Å². The molecule has 0 saturated carbocycles.